The first-order chi connectivity index (χ1) is 11.3. The number of aliphatic imine (C=N–C) groups is 1. The molecule has 0 saturated heterocycles. The van der Waals surface area contributed by atoms with Crippen LogP contribution in [0.25, 0.3) is 0 Å². The van der Waals surface area contributed by atoms with Crippen molar-refractivity contribution in [2.75, 3.05) is 20.2 Å². The van der Waals surface area contributed by atoms with E-state index >= 15 is 0 Å². The van der Waals surface area contributed by atoms with Crippen LogP contribution in [0.15, 0.2) is 53.7 Å². The van der Waals surface area contributed by atoms with Gasteiger partial charge in [-0.15, -0.1) is 0 Å². The van der Waals surface area contributed by atoms with Gasteiger partial charge in [0.05, 0.1) is 19.3 Å². The summed E-state index contributed by atoms with van der Waals surface area (Å²) >= 11 is 0. The topological polar surface area (TPSA) is 58.5 Å². The lowest BCUT2D eigenvalue weighted by Gasteiger charge is -2.11. The Labute approximate surface area is 137 Å². The number of pyridine rings is 1. The van der Waals surface area contributed by atoms with Gasteiger partial charge < -0.3 is 15.4 Å². The van der Waals surface area contributed by atoms with Crippen LogP contribution in [-0.4, -0.2) is 31.1 Å². The summed E-state index contributed by atoms with van der Waals surface area (Å²) in [6.45, 7) is 4.25. The summed E-state index contributed by atoms with van der Waals surface area (Å²) < 4.78 is 5.24. The van der Waals surface area contributed by atoms with Gasteiger partial charge in [0, 0.05) is 19.3 Å². The molecule has 5 nitrogen and oxygen atoms in total. The van der Waals surface area contributed by atoms with E-state index in [2.05, 4.69) is 39.7 Å². The molecule has 0 saturated carbocycles. The van der Waals surface area contributed by atoms with E-state index in [0.29, 0.717) is 6.54 Å². The van der Waals surface area contributed by atoms with Gasteiger partial charge in [0.25, 0.3) is 0 Å². The summed E-state index contributed by atoms with van der Waals surface area (Å²) in [6, 6.07) is 14.0. The second kappa shape index (κ2) is 9.46. The molecule has 2 rings (SSSR count). The molecule has 0 aliphatic carbocycles. The number of rotatable bonds is 7. The molecule has 1 aromatic carbocycles. The molecular formula is C18H24N4O. The maximum absolute atomic E-state index is 5.24. The Hall–Kier alpha value is -2.56. The van der Waals surface area contributed by atoms with Gasteiger partial charge in [-0.05, 0) is 43.2 Å². The van der Waals surface area contributed by atoms with E-state index in [4.69, 9.17) is 4.74 Å². The van der Waals surface area contributed by atoms with Crippen molar-refractivity contribution in [2.24, 2.45) is 4.99 Å². The van der Waals surface area contributed by atoms with Crippen molar-refractivity contribution in [2.45, 2.75) is 19.9 Å². The van der Waals surface area contributed by atoms with Crippen LogP contribution in [0.2, 0.25) is 0 Å². The van der Waals surface area contributed by atoms with Gasteiger partial charge in [-0.1, -0.05) is 18.2 Å². The summed E-state index contributed by atoms with van der Waals surface area (Å²) in [4.78, 5) is 8.84. The molecular weight excluding hydrogens is 288 g/mol. The van der Waals surface area contributed by atoms with E-state index in [-0.39, 0.29) is 0 Å². The van der Waals surface area contributed by atoms with Crippen LogP contribution in [-0.2, 0) is 13.0 Å². The van der Waals surface area contributed by atoms with Gasteiger partial charge >= 0.3 is 0 Å². The molecule has 2 N–H and O–H groups in total. The van der Waals surface area contributed by atoms with E-state index in [0.717, 1.165) is 36.9 Å². The Kier molecular flexibility index (Phi) is 6.91. The van der Waals surface area contributed by atoms with E-state index < -0.39 is 0 Å². The third-order valence-corrected chi connectivity index (χ3v) is 3.31. The maximum atomic E-state index is 5.24. The Morgan fingerprint density at radius 1 is 1.17 bits per heavy atom. The number of nitrogens with zero attached hydrogens (tertiary/aromatic N) is 2. The van der Waals surface area contributed by atoms with Crippen molar-refractivity contribution in [1.29, 1.82) is 0 Å². The van der Waals surface area contributed by atoms with Gasteiger partial charge in [-0.2, -0.15) is 0 Å². The average Bonchev–Trinajstić information content (AvgIpc) is 2.61. The summed E-state index contributed by atoms with van der Waals surface area (Å²) in [5, 5.41) is 6.60. The minimum absolute atomic E-state index is 0.565. The molecule has 0 unspecified atom stereocenters. The first-order valence-electron chi connectivity index (χ1n) is 7.87. The zero-order chi connectivity index (χ0) is 16.3. The highest BCUT2D eigenvalue weighted by Crippen LogP contribution is 2.12. The number of hydrogen-bond donors (Lipinski definition) is 2. The van der Waals surface area contributed by atoms with Gasteiger partial charge in [-0.3, -0.25) is 4.98 Å². The molecule has 0 atom stereocenters. The van der Waals surface area contributed by atoms with Gasteiger partial charge in [-0.25, -0.2) is 4.99 Å². The minimum atomic E-state index is 0.565. The van der Waals surface area contributed by atoms with Crippen LogP contribution in [0, 0.1) is 0 Å². The molecule has 0 amide bonds. The summed E-state index contributed by atoms with van der Waals surface area (Å²) in [5.74, 6) is 1.69. The molecule has 1 heterocycles. The number of ether oxygens (including phenoxy) is 1. The molecule has 1 aromatic heterocycles. The predicted molar refractivity (Wildman–Crippen MR) is 93.8 cm³/mol. The lowest BCUT2D eigenvalue weighted by Crippen LogP contribution is -2.38. The standard InChI is InChI=1S/C18H24N4O/c1-3-19-18(22-14-16-8-4-5-11-20-16)21-12-10-15-7-6-9-17(13-15)23-2/h4-9,11,13H,3,10,12,14H2,1-2H3,(H2,19,21,22). The summed E-state index contributed by atoms with van der Waals surface area (Å²) in [5.41, 5.74) is 2.19. The first-order valence-corrected chi connectivity index (χ1v) is 7.87. The lowest BCUT2D eigenvalue weighted by atomic mass is 10.1. The van der Waals surface area contributed by atoms with Crippen molar-refractivity contribution in [3.05, 3.63) is 59.9 Å². The van der Waals surface area contributed by atoms with Crippen molar-refractivity contribution >= 4 is 5.96 Å². The minimum Gasteiger partial charge on any atom is -0.497 e. The van der Waals surface area contributed by atoms with Crippen LogP contribution in [0.4, 0.5) is 0 Å². The Morgan fingerprint density at radius 2 is 2.09 bits per heavy atom. The van der Waals surface area contributed by atoms with Crippen LogP contribution >= 0.6 is 0 Å². The van der Waals surface area contributed by atoms with Crippen molar-refractivity contribution in [1.82, 2.24) is 15.6 Å². The largest absolute Gasteiger partial charge is 0.497 e. The number of guanidine groups is 1. The lowest BCUT2D eigenvalue weighted by molar-refractivity contribution is 0.414. The number of hydrogen-bond acceptors (Lipinski definition) is 3. The van der Waals surface area contributed by atoms with Crippen molar-refractivity contribution in [3.63, 3.8) is 0 Å². The molecule has 5 heteroatoms. The maximum Gasteiger partial charge on any atom is 0.191 e. The van der Waals surface area contributed by atoms with Crippen LogP contribution < -0.4 is 15.4 Å². The van der Waals surface area contributed by atoms with Gasteiger partial charge in [0.15, 0.2) is 5.96 Å². The SMILES string of the molecule is CCNC(=NCc1ccccn1)NCCc1cccc(OC)c1. The first kappa shape index (κ1) is 16.8. The third-order valence-electron chi connectivity index (χ3n) is 3.31. The van der Waals surface area contributed by atoms with Crippen LogP contribution in [0.1, 0.15) is 18.2 Å². The molecule has 122 valence electrons. The van der Waals surface area contributed by atoms with E-state index in [1.54, 1.807) is 13.3 Å². The molecule has 0 radical (unpaired) electrons. The number of nitrogens with one attached hydrogen (secondary N) is 2. The molecule has 23 heavy (non-hydrogen) atoms. The fraction of sp³-hybridized carbons (Fsp3) is 0.333. The van der Waals surface area contributed by atoms with Crippen molar-refractivity contribution in [3.8, 4) is 5.75 Å². The molecule has 0 fully saturated rings. The number of aromatic nitrogens is 1. The van der Waals surface area contributed by atoms with Crippen molar-refractivity contribution < 1.29 is 4.74 Å². The Morgan fingerprint density at radius 3 is 2.83 bits per heavy atom. The predicted octanol–water partition coefficient (Wildman–Crippen LogP) is 2.39. The van der Waals surface area contributed by atoms with Gasteiger partial charge in [0.2, 0.25) is 0 Å². The molecule has 0 spiro atoms. The number of benzene rings is 1. The average molecular weight is 312 g/mol. The summed E-state index contributed by atoms with van der Waals surface area (Å²) in [7, 11) is 1.69. The highest BCUT2D eigenvalue weighted by atomic mass is 16.5. The monoisotopic (exact) mass is 312 g/mol. The van der Waals surface area contributed by atoms with Crippen LogP contribution in [0.3, 0.4) is 0 Å². The zero-order valence-electron chi connectivity index (χ0n) is 13.7. The third kappa shape index (κ3) is 5.98. The summed E-state index contributed by atoms with van der Waals surface area (Å²) in [6.07, 6.45) is 2.69. The normalized spacial score (nSPS) is 11.1. The quantitative estimate of drug-likeness (QED) is 0.609. The van der Waals surface area contributed by atoms with Crippen LogP contribution in [0.5, 0.6) is 5.75 Å². The second-order valence-corrected chi connectivity index (χ2v) is 5.04. The Balaban J connectivity index is 1.86. The fourth-order valence-corrected chi connectivity index (χ4v) is 2.15. The second-order valence-electron chi connectivity index (χ2n) is 5.04. The molecule has 0 aliphatic rings. The zero-order valence-corrected chi connectivity index (χ0v) is 13.7. The van der Waals surface area contributed by atoms with E-state index in [9.17, 15) is 0 Å². The number of methoxy groups -OCH3 is 1. The molecule has 2 aromatic rings. The fourth-order valence-electron chi connectivity index (χ4n) is 2.15. The van der Waals surface area contributed by atoms with E-state index in [1.807, 2.05) is 30.3 Å². The Bertz CT molecular complexity index is 613. The molecule has 0 bridgehead atoms. The molecule has 0 aliphatic heterocycles. The highest BCUT2D eigenvalue weighted by molar-refractivity contribution is 5.79. The van der Waals surface area contributed by atoms with E-state index in [1.165, 1.54) is 5.56 Å². The smallest absolute Gasteiger partial charge is 0.191 e. The highest BCUT2D eigenvalue weighted by Gasteiger charge is 2.00. The van der Waals surface area contributed by atoms with Gasteiger partial charge in [0.1, 0.15) is 5.75 Å².